The van der Waals surface area contributed by atoms with E-state index in [1.807, 2.05) is 0 Å². The molecule has 0 fully saturated rings. The summed E-state index contributed by atoms with van der Waals surface area (Å²) in [5.74, 6) is -1.11. The molecule has 0 radical (unpaired) electrons. The van der Waals surface area contributed by atoms with Crippen LogP contribution >= 0.6 is 0 Å². The fourth-order valence-corrected chi connectivity index (χ4v) is 2.63. The first kappa shape index (κ1) is 20.8. The Labute approximate surface area is 170 Å². The van der Waals surface area contributed by atoms with Crippen LogP contribution in [-0.2, 0) is 20.7 Å². The molecule has 0 spiro atoms. The number of benzene rings is 2. The van der Waals surface area contributed by atoms with Gasteiger partial charge >= 0.3 is 5.97 Å². The van der Waals surface area contributed by atoms with Crippen molar-refractivity contribution in [2.24, 2.45) is 0 Å². The topological polar surface area (TPSA) is 117 Å². The molecule has 2 aromatic carbocycles. The highest BCUT2D eigenvalue weighted by atomic mass is 19.1. The average Bonchev–Trinajstić information content (AvgIpc) is 3.19. The van der Waals surface area contributed by atoms with Crippen molar-refractivity contribution in [2.75, 3.05) is 19.9 Å². The number of hydrogen-bond donors (Lipinski definition) is 1. The van der Waals surface area contributed by atoms with Gasteiger partial charge in [0, 0.05) is 12.6 Å². The zero-order valence-corrected chi connectivity index (χ0v) is 15.6. The maximum Gasteiger partial charge on any atom is 0.331 e. The first-order chi connectivity index (χ1) is 14.4. The van der Waals surface area contributed by atoms with E-state index in [1.165, 1.54) is 30.3 Å². The van der Waals surface area contributed by atoms with Gasteiger partial charge in [0.25, 0.3) is 11.6 Å². The number of nitrogens with zero attached hydrogens (tertiary/aromatic N) is 1. The molecule has 9 nitrogen and oxygen atoms in total. The van der Waals surface area contributed by atoms with E-state index < -0.39 is 23.4 Å². The number of carbonyl (C=O) groups is 2. The Kier molecular flexibility index (Phi) is 6.58. The number of esters is 1. The minimum Gasteiger partial charge on any atom is -0.454 e. The van der Waals surface area contributed by atoms with Crippen LogP contribution in [0.5, 0.6) is 11.5 Å². The number of halogens is 1. The molecular weight excluding hydrogens is 399 g/mol. The highest BCUT2D eigenvalue weighted by molar-refractivity contribution is 5.90. The number of hydrogen-bond acceptors (Lipinski definition) is 7. The Morgan fingerprint density at radius 2 is 1.90 bits per heavy atom. The highest BCUT2D eigenvalue weighted by Crippen LogP contribution is 2.38. The lowest BCUT2D eigenvalue weighted by molar-refractivity contribution is -0.385. The average molecular weight is 416 g/mol. The second kappa shape index (κ2) is 9.50. The van der Waals surface area contributed by atoms with Crippen LogP contribution in [0.1, 0.15) is 11.1 Å². The molecule has 1 amide bonds. The lowest BCUT2D eigenvalue weighted by atomic mass is 10.1. The minimum atomic E-state index is -0.837. The molecule has 0 unspecified atom stereocenters. The summed E-state index contributed by atoms with van der Waals surface area (Å²) in [7, 11) is 0. The number of fused-ring (bicyclic) bond motifs is 1. The number of nitrogens with one attached hydrogen (secondary N) is 1. The largest absolute Gasteiger partial charge is 0.454 e. The van der Waals surface area contributed by atoms with Crippen molar-refractivity contribution in [3.8, 4) is 11.5 Å². The van der Waals surface area contributed by atoms with E-state index in [1.54, 1.807) is 12.1 Å². The molecule has 0 aromatic heterocycles. The molecule has 1 N–H and O–H groups in total. The van der Waals surface area contributed by atoms with E-state index in [9.17, 15) is 24.1 Å². The van der Waals surface area contributed by atoms with Gasteiger partial charge in [0.1, 0.15) is 5.82 Å². The van der Waals surface area contributed by atoms with E-state index in [-0.39, 0.29) is 29.6 Å². The third-order valence-corrected chi connectivity index (χ3v) is 4.11. The molecule has 0 saturated heterocycles. The van der Waals surface area contributed by atoms with Gasteiger partial charge in [-0.25, -0.2) is 9.18 Å². The van der Waals surface area contributed by atoms with Crippen molar-refractivity contribution in [3.63, 3.8) is 0 Å². The quantitative estimate of drug-likeness (QED) is 0.304. The summed E-state index contributed by atoms with van der Waals surface area (Å²) in [4.78, 5) is 34.1. The van der Waals surface area contributed by atoms with Crippen LogP contribution in [0.15, 0.2) is 42.5 Å². The van der Waals surface area contributed by atoms with E-state index in [0.29, 0.717) is 18.7 Å². The van der Waals surface area contributed by atoms with Gasteiger partial charge in [-0.2, -0.15) is 0 Å². The number of amides is 1. The summed E-state index contributed by atoms with van der Waals surface area (Å²) in [6.45, 7) is -0.255. The molecule has 0 bridgehead atoms. The molecule has 156 valence electrons. The molecule has 1 aliphatic heterocycles. The molecule has 10 heteroatoms. The number of nitro groups is 1. The van der Waals surface area contributed by atoms with Crippen LogP contribution in [0.2, 0.25) is 0 Å². The van der Waals surface area contributed by atoms with Gasteiger partial charge in [0.05, 0.1) is 16.6 Å². The van der Waals surface area contributed by atoms with Crippen LogP contribution in [0.3, 0.4) is 0 Å². The van der Waals surface area contributed by atoms with Crippen molar-refractivity contribution in [1.29, 1.82) is 0 Å². The van der Waals surface area contributed by atoms with Gasteiger partial charge in [0.2, 0.25) is 6.79 Å². The summed E-state index contributed by atoms with van der Waals surface area (Å²) in [6, 6.07) is 8.48. The van der Waals surface area contributed by atoms with Crippen molar-refractivity contribution < 1.29 is 33.1 Å². The Morgan fingerprint density at radius 3 is 2.60 bits per heavy atom. The van der Waals surface area contributed by atoms with Gasteiger partial charge in [-0.3, -0.25) is 14.9 Å². The fraction of sp³-hybridized carbons (Fsp3) is 0.200. The van der Waals surface area contributed by atoms with Crippen LogP contribution < -0.4 is 14.8 Å². The van der Waals surface area contributed by atoms with Crippen LogP contribution in [0.4, 0.5) is 10.1 Å². The number of nitro benzene ring substituents is 1. The monoisotopic (exact) mass is 416 g/mol. The van der Waals surface area contributed by atoms with Gasteiger partial charge in [-0.1, -0.05) is 12.1 Å². The summed E-state index contributed by atoms with van der Waals surface area (Å²) in [6.07, 6.45) is 2.68. The summed E-state index contributed by atoms with van der Waals surface area (Å²) >= 11 is 0. The molecule has 0 aliphatic carbocycles. The molecule has 0 atom stereocenters. The van der Waals surface area contributed by atoms with Crippen LogP contribution in [0.25, 0.3) is 6.08 Å². The number of ether oxygens (including phenoxy) is 3. The highest BCUT2D eigenvalue weighted by Gasteiger charge is 2.22. The van der Waals surface area contributed by atoms with Crippen LogP contribution in [-0.4, -0.2) is 36.7 Å². The maximum atomic E-state index is 12.8. The fourth-order valence-electron chi connectivity index (χ4n) is 2.63. The third kappa shape index (κ3) is 5.53. The van der Waals surface area contributed by atoms with Gasteiger partial charge < -0.3 is 19.5 Å². The predicted octanol–water partition coefficient (Wildman–Crippen LogP) is 2.38. The molecule has 1 aliphatic rings. The van der Waals surface area contributed by atoms with Gasteiger partial charge in [-0.05, 0) is 36.3 Å². The predicted molar refractivity (Wildman–Crippen MR) is 102 cm³/mol. The molecule has 2 aromatic rings. The molecule has 30 heavy (non-hydrogen) atoms. The second-order valence-corrected chi connectivity index (χ2v) is 6.19. The van der Waals surface area contributed by atoms with Crippen LogP contribution in [0, 0.1) is 15.9 Å². The Bertz CT molecular complexity index is 989. The van der Waals surface area contributed by atoms with E-state index in [2.05, 4.69) is 5.32 Å². The summed E-state index contributed by atoms with van der Waals surface area (Å²) in [5.41, 5.74) is 0.716. The lowest BCUT2D eigenvalue weighted by Crippen LogP contribution is -2.30. The Morgan fingerprint density at radius 1 is 1.20 bits per heavy atom. The third-order valence-electron chi connectivity index (χ3n) is 4.11. The van der Waals surface area contributed by atoms with E-state index >= 15 is 0 Å². The first-order valence-electron chi connectivity index (χ1n) is 8.86. The first-order valence-corrected chi connectivity index (χ1v) is 8.86. The van der Waals surface area contributed by atoms with Crippen molar-refractivity contribution in [2.45, 2.75) is 6.42 Å². The Hall–Kier alpha value is -3.95. The number of carbonyl (C=O) groups excluding carboxylic acids is 2. The molecule has 1 heterocycles. The zero-order chi connectivity index (χ0) is 21.5. The van der Waals surface area contributed by atoms with E-state index in [0.717, 1.165) is 11.6 Å². The van der Waals surface area contributed by atoms with Crippen molar-refractivity contribution in [3.05, 3.63) is 69.5 Å². The minimum absolute atomic E-state index is 0.0437. The maximum absolute atomic E-state index is 12.8. The summed E-state index contributed by atoms with van der Waals surface area (Å²) in [5, 5.41) is 13.8. The standard InChI is InChI=1S/C20H17FN2O7/c21-15-4-1-13(2-5-15)7-8-22-19(24)11-28-20(25)6-3-14-9-17-18(30-12-29-17)10-16(14)23(26)27/h1-6,9-10H,7-8,11-12H2,(H,22,24)/b6-3+. The van der Waals surface area contributed by atoms with Crippen molar-refractivity contribution in [1.82, 2.24) is 5.32 Å². The smallest absolute Gasteiger partial charge is 0.331 e. The molecular formula is C20H17FN2O7. The number of rotatable bonds is 8. The normalized spacial score (nSPS) is 12.0. The van der Waals surface area contributed by atoms with Crippen molar-refractivity contribution >= 4 is 23.6 Å². The lowest BCUT2D eigenvalue weighted by Gasteiger charge is -2.06. The molecule has 0 saturated carbocycles. The Balaban J connectivity index is 1.47. The van der Waals surface area contributed by atoms with Gasteiger partial charge in [0.15, 0.2) is 18.1 Å². The zero-order valence-electron chi connectivity index (χ0n) is 15.6. The van der Waals surface area contributed by atoms with E-state index in [4.69, 9.17) is 14.2 Å². The molecule has 3 rings (SSSR count). The second-order valence-electron chi connectivity index (χ2n) is 6.19. The summed E-state index contributed by atoms with van der Waals surface area (Å²) < 4.78 is 27.9. The van der Waals surface area contributed by atoms with Gasteiger partial charge in [-0.15, -0.1) is 0 Å². The SMILES string of the molecule is O=C(COC(=O)/C=C/c1cc2c(cc1[N+](=O)[O-])OCO2)NCCc1ccc(F)cc1.